The predicted octanol–water partition coefficient (Wildman–Crippen LogP) is 5.23. The number of para-hydroxylation sites is 2. The molecule has 1 unspecified atom stereocenters. The molecule has 27 heavy (non-hydrogen) atoms. The molecule has 1 fully saturated rings. The first-order valence-corrected chi connectivity index (χ1v) is 10.4. The molecule has 1 heterocycles. The van der Waals surface area contributed by atoms with Gasteiger partial charge in [0.05, 0.1) is 5.69 Å². The van der Waals surface area contributed by atoms with Crippen molar-refractivity contribution in [3.05, 3.63) is 60.2 Å². The van der Waals surface area contributed by atoms with E-state index in [1.165, 1.54) is 5.56 Å². The van der Waals surface area contributed by atoms with Gasteiger partial charge in [-0.1, -0.05) is 62.0 Å². The van der Waals surface area contributed by atoms with E-state index in [1.807, 2.05) is 48.5 Å². The molecule has 142 valence electrons. The summed E-state index contributed by atoms with van der Waals surface area (Å²) >= 11 is 1.64. The van der Waals surface area contributed by atoms with Crippen LogP contribution in [-0.2, 0) is 4.79 Å². The van der Waals surface area contributed by atoms with Crippen LogP contribution in [0.25, 0.3) is 0 Å². The number of hydrogen-bond donors (Lipinski definition) is 0. The number of rotatable bonds is 5. The van der Waals surface area contributed by atoms with Crippen LogP contribution in [0.3, 0.4) is 0 Å². The van der Waals surface area contributed by atoms with E-state index in [1.54, 1.807) is 23.6 Å². The van der Waals surface area contributed by atoms with Crippen molar-refractivity contribution in [2.75, 3.05) is 12.3 Å². The van der Waals surface area contributed by atoms with Crippen molar-refractivity contribution in [1.82, 2.24) is 4.90 Å². The quantitative estimate of drug-likeness (QED) is 0.711. The number of ether oxygens (including phenoxy) is 1. The molecular formula is C22H26N2O2S. The van der Waals surface area contributed by atoms with Crippen LogP contribution in [0.1, 0.15) is 38.7 Å². The second-order valence-corrected chi connectivity index (χ2v) is 7.93. The first-order chi connectivity index (χ1) is 13.1. The molecule has 0 aromatic heterocycles. The third-order valence-corrected chi connectivity index (χ3v) is 5.50. The van der Waals surface area contributed by atoms with E-state index in [4.69, 9.17) is 9.73 Å². The zero-order chi connectivity index (χ0) is 19.2. The van der Waals surface area contributed by atoms with Gasteiger partial charge in [-0.25, -0.2) is 4.99 Å². The Morgan fingerprint density at radius 1 is 1.07 bits per heavy atom. The van der Waals surface area contributed by atoms with E-state index in [0.29, 0.717) is 18.2 Å². The lowest BCUT2D eigenvalue weighted by molar-refractivity contribution is -0.133. The maximum atomic E-state index is 13.0. The lowest BCUT2D eigenvalue weighted by Gasteiger charge is -2.30. The van der Waals surface area contributed by atoms with Crippen LogP contribution in [0.5, 0.6) is 5.75 Å². The minimum atomic E-state index is -0.559. The van der Waals surface area contributed by atoms with Gasteiger partial charge in [0.15, 0.2) is 11.3 Å². The van der Waals surface area contributed by atoms with Gasteiger partial charge < -0.3 is 4.74 Å². The Bertz CT molecular complexity index is 805. The average Bonchev–Trinajstić information content (AvgIpc) is 2.69. The van der Waals surface area contributed by atoms with Gasteiger partial charge in [0.1, 0.15) is 5.75 Å². The van der Waals surface area contributed by atoms with Crippen LogP contribution in [0.15, 0.2) is 59.6 Å². The number of aliphatic imine (C=N–C) groups is 1. The summed E-state index contributed by atoms with van der Waals surface area (Å²) in [5, 5.41) is 0.767. The smallest absolute Gasteiger partial charge is 0.269 e. The molecule has 1 atom stereocenters. The number of nitrogens with zero attached hydrogens (tertiary/aromatic N) is 2. The number of carbonyl (C=O) groups excluding carboxylic acids is 1. The molecule has 1 aliphatic heterocycles. The Morgan fingerprint density at radius 3 is 2.52 bits per heavy atom. The predicted molar refractivity (Wildman–Crippen MR) is 113 cm³/mol. The fourth-order valence-electron chi connectivity index (χ4n) is 3.01. The van der Waals surface area contributed by atoms with Crippen molar-refractivity contribution in [1.29, 1.82) is 0 Å². The second-order valence-electron chi connectivity index (χ2n) is 6.87. The molecule has 5 heteroatoms. The van der Waals surface area contributed by atoms with Crippen molar-refractivity contribution in [3.8, 4) is 5.75 Å². The molecule has 1 saturated heterocycles. The minimum absolute atomic E-state index is 0.0492. The van der Waals surface area contributed by atoms with Crippen LogP contribution in [0.2, 0.25) is 0 Å². The van der Waals surface area contributed by atoms with Crippen LogP contribution in [0, 0.1) is 0 Å². The van der Waals surface area contributed by atoms with Crippen LogP contribution in [-0.4, -0.2) is 34.4 Å². The zero-order valence-electron chi connectivity index (χ0n) is 16.1. The van der Waals surface area contributed by atoms with E-state index in [0.717, 1.165) is 23.0 Å². The first kappa shape index (κ1) is 19.5. The molecule has 3 rings (SSSR count). The highest BCUT2D eigenvalue weighted by molar-refractivity contribution is 8.13. The number of thioether (sulfide) groups is 1. The third kappa shape index (κ3) is 4.92. The summed E-state index contributed by atoms with van der Waals surface area (Å²) in [6.07, 6.45) is 0.399. The number of amides is 1. The lowest BCUT2D eigenvalue weighted by atomic mass is 10.0. The largest absolute Gasteiger partial charge is 0.481 e. The SMILES string of the molecule is CC(Oc1ccccc1)C(=O)N1CCCSC1=Nc1ccccc1C(C)C. The summed E-state index contributed by atoms with van der Waals surface area (Å²) in [7, 11) is 0. The minimum Gasteiger partial charge on any atom is -0.481 e. The Hall–Kier alpha value is -2.27. The third-order valence-electron chi connectivity index (χ3n) is 4.43. The van der Waals surface area contributed by atoms with Gasteiger partial charge in [0.25, 0.3) is 5.91 Å². The van der Waals surface area contributed by atoms with Gasteiger partial charge in [0.2, 0.25) is 0 Å². The summed E-state index contributed by atoms with van der Waals surface area (Å²) in [4.78, 5) is 19.7. The highest BCUT2D eigenvalue weighted by Gasteiger charge is 2.29. The van der Waals surface area contributed by atoms with Gasteiger partial charge in [-0.2, -0.15) is 0 Å². The summed E-state index contributed by atoms with van der Waals surface area (Å²) in [5.74, 6) is 2.00. The average molecular weight is 383 g/mol. The van der Waals surface area contributed by atoms with Gasteiger partial charge in [-0.15, -0.1) is 0 Å². The normalized spacial score (nSPS) is 17.2. The summed E-state index contributed by atoms with van der Waals surface area (Å²) < 4.78 is 5.83. The Balaban J connectivity index is 1.82. The monoisotopic (exact) mass is 382 g/mol. The van der Waals surface area contributed by atoms with E-state index < -0.39 is 6.10 Å². The molecule has 1 aliphatic rings. The van der Waals surface area contributed by atoms with Crippen molar-refractivity contribution in [2.24, 2.45) is 4.99 Å². The Kier molecular flexibility index (Phi) is 6.56. The molecule has 0 N–H and O–H groups in total. The molecule has 1 amide bonds. The summed E-state index contributed by atoms with van der Waals surface area (Å²) in [5.41, 5.74) is 2.13. The maximum Gasteiger partial charge on any atom is 0.269 e. The Labute approximate surface area is 165 Å². The highest BCUT2D eigenvalue weighted by atomic mass is 32.2. The molecule has 0 spiro atoms. The lowest BCUT2D eigenvalue weighted by Crippen LogP contribution is -2.45. The standard InChI is InChI=1S/C22H26N2O2S/c1-16(2)19-12-7-8-13-20(19)23-22-24(14-9-15-27-22)21(25)17(3)26-18-10-5-4-6-11-18/h4-8,10-13,16-17H,9,14-15H2,1-3H3. The number of amidine groups is 1. The van der Waals surface area contributed by atoms with Gasteiger partial charge in [0, 0.05) is 12.3 Å². The van der Waals surface area contributed by atoms with Gasteiger partial charge in [-0.3, -0.25) is 9.69 Å². The molecule has 0 aliphatic carbocycles. The molecule has 0 radical (unpaired) electrons. The fraction of sp³-hybridized carbons (Fsp3) is 0.364. The molecule has 4 nitrogen and oxygen atoms in total. The van der Waals surface area contributed by atoms with E-state index >= 15 is 0 Å². The molecule has 2 aromatic rings. The molecule has 2 aromatic carbocycles. The van der Waals surface area contributed by atoms with Gasteiger partial charge >= 0.3 is 0 Å². The molecule has 0 saturated carbocycles. The summed E-state index contributed by atoms with van der Waals surface area (Å²) in [6.45, 7) is 6.79. The number of benzene rings is 2. The van der Waals surface area contributed by atoms with Crippen molar-refractivity contribution in [2.45, 2.75) is 39.2 Å². The van der Waals surface area contributed by atoms with Crippen molar-refractivity contribution in [3.63, 3.8) is 0 Å². The van der Waals surface area contributed by atoms with E-state index in [9.17, 15) is 4.79 Å². The Morgan fingerprint density at radius 2 is 1.78 bits per heavy atom. The number of carbonyl (C=O) groups is 1. The first-order valence-electron chi connectivity index (χ1n) is 9.39. The van der Waals surface area contributed by atoms with Gasteiger partial charge in [-0.05, 0) is 43.0 Å². The van der Waals surface area contributed by atoms with Crippen LogP contribution >= 0.6 is 11.8 Å². The fourth-order valence-corrected chi connectivity index (χ4v) is 3.97. The second kappa shape index (κ2) is 9.09. The molecular weight excluding hydrogens is 356 g/mol. The van der Waals surface area contributed by atoms with Crippen molar-refractivity contribution >= 4 is 28.5 Å². The number of hydrogen-bond acceptors (Lipinski definition) is 4. The summed E-state index contributed by atoms with van der Waals surface area (Å²) in [6, 6.07) is 17.6. The van der Waals surface area contributed by atoms with Crippen LogP contribution < -0.4 is 4.74 Å². The molecule has 0 bridgehead atoms. The van der Waals surface area contributed by atoms with E-state index in [-0.39, 0.29) is 5.91 Å². The maximum absolute atomic E-state index is 13.0. The van der Waals surface area contributed by atoms with Crippen molar-refractivity contribution < 1.29 is 9.53 Å². The zero-order valence-corrected chi connectivity index (χ0v) is 16.9. The highest BCUT2D eigenvalue weighted by Crippen LogP contribution is 2.29. The van der Waals surface area contributed by atoms with E-state index in [2.05, 4.69) is 19.9 Å². The van der Waals surface area contributed by atoms with Crippen LogP contribution in [0.4, 0.5) is 5.69 Å². The topological polar surface area (TPSA) is 41.9 Å².